The number of amidine groups is 1. The van der Waals surface area contributed by atoms with E-state index in [9.17, 15) is 0 Å². The number of hydrogen-bond donors (Lipinski definition) is 2. The molecule has 0 amide bonds. The topological polar surface area (TPSA) is 80.3 Å². The lowest BCUT2D eigenvalue weighted by atomic mass is 10.2. The van der Waals surface area contributed by atoms with Crippen molar-refractivity contribution in [1.82, 2.24) is 4.90 Å². The summed E-state index contributed by atoms with van der Waals surface area (Å²) in [7, 11) is 0. The molecule has 116 valence electrons. The van der Waals surface area contributed by atoms with E-state index >= 15 is 0 Å². The monoisotopic (exact) mass is 293 g/mol. The van der Waals surface area contributed by atoms with Crippen LogP contribution in [0.5, 0.6) is 5.75 Å². The second-order valence-electron chi connectivity index (χ2n) is 5.03. The van der Waals surface area contributed by atoms with E-state index in [0.29, 0.717) is 18.2 Å². The number of nitrogens with zero attached hydrogens (tertiary/aromatic N) is 2. The number of nitrogens with two attached hydrogens (primary N) is 1. The van der Waals surface area contributed by atoms with Crippen LogP contribution in [0.2, 0.25) is 0 Å². The molecule has 1 aromatic rings. The molecule has 3 N–H and O–H groups in total. The fourth-order valence-electron chi connectivity index (χ4n) is 2.42. The van der Waals surface area contributed by atoms with Crippen molar-refractivity contribution in [2.45, 2.75) is 19.4 Å². The predicted octanol–water partition coefficient (Wildman–Crippen LogP) is 1.27. The number of oxime groups is 1. The minimum absolute atomic E-state index is 0.0978. The van der Waals surface area contributed by atoms with Gasteiger partial charge in [0.05, 0.1) is 13.2 Å². The van der Waals surface area contributed by atoms with Crippen molar-refractivity contribution in [3.05, 3.63) is 29.8 Å². The van der Waals surface area contributed by atoms with E-state index in [1.54, 1.807) is 12.1 Å². The Balaban J connectivity index is 1.80. The third-order valence-corrected chi connectivity index (χ3v) is 3.73. The first-order valence-corrected chi connectivity index (χ1v) is 7.27. The predicted molar refractivity (Wildman–Crippen MR) is 80.9 cm³/mol. The Morgan fingerprint density at radius 1 is 1.48 bits per heavy atom. The molecule has 1 unspecified atom stereocenters. The van der Waals surface area contributed by atoms with Crippen molar-refractivity contribution in [3.63, 3.8) is 0 Å². The average molecular weight is 293 g/mol. The van der Waals surface area contributed by atoms with Crippen LogP contribution in [0.1, 0.15) is 18.9 Å². The second kappa shape index (κ2) is 7.85. The van der Waals surface area contributed by atoms with E-state index in [1.807, 2.05) is 12.1 Å². The van der Waals surface area contributed by atoms with E-state index in [4.69, 9.17) is 20.4 Å². The summed E-state index contributed by atoms with van der Waals surface area (Å²) in [5.41, 5.74) is 6.18. The highest BCUT2D eigenvalue weighted by atomic mass is 16.5. The van der Waals surface area contributed by atoms with Gasteiger partial charge in [-0.1, -0.05) is 12.1 Å². The standard InChI is InChI=1S/C15H23N3O3/c1-2-13-11-20-9-7-18(13)8-10-21-14-5-3-12(4-6-14)15(16)17-19/h3-6,13,19H,2,7-11H2,1H3,(H2,16,17). The van der Waals surface area contributed by atoms with Crippen LogP contribution < -0.4 is 10.5 Å². The molecule has 6 nitrogen and oxygen atoms in total. The Labute approximate surface area is 125 Å². The molecule has 6 heteroatoms. The molecule has 1 aliphatic heterocycles. The molecule has 0 aromatic heterocycles. The summed E-state index contributed by atoms with van der Waals surface area (Å²) < 4.78 is 11.2. The Morgan fingerprint density at radius 3 is 2.90 bits per heavy atom. The fourth-order valence-corrected chi connectivity index (χ4v) is 2.42. The SMILES string of the molecule is CCC1COCCN1CCOc1ccc(C(N)=NO)cc1. The third-order valence-electron chi connectivity index (χ3n) is 3.73. The van der Waals surface area contributed by atoms with Crippen molar-refractivity contribution in [2.75, 3.05) is 32.9 Å². The number of rotatable bonds is 6. The van der Waals surface area contributed by atoms with E-state index < -0.39 is 0 Å². The van der Waals surface area contributed by atoms with E-state index in [-0.39, 0.29) is 5.84 Å². The van der Waals surface area contributed by atoms with E-state index in [2.05, 4.69) is 17.0 Å². The maximum atomic E-state index is 8.61. The van der Waals surface area contributed by atoms with E-state index in [0.717, 1.165) is 38.5 Å². The normalized spacial score (nSPS) is 20.4. The van der Waals surface area contributed by atoms with Gasteiger partial charge in [-0.25, -0.2) is 0 Å². The first kappa shape index (κ1) is 15.6. The van der Waals surface area contributed by atoms with Gasteiger partial charge in [0.2, 0.25) is 0 Å². The molecule has 0 spiro atoms. The summed E-state index contributed by atoms with van der Waals surface area (Å²) in [5, 5.41) is 11.6. The number of ether oxygens (including phenoxy) is 2. The number of benzene rings is 1. The van der Waals surface area contributed by atoms with Crippen molar-refractivity contribution in [3.8, 4) is 5.75 Å². The van der Waals surface area contributed by atoms with Gasteiger partial charge in [-0.15, -0.1) is 0 Å². The van der Waals surface area contributed by atoms with Crippen molar-refractivity contribution in [1.29, 1.82) is 0 Å². The van der Waals surface area contributed by atoms with Gasteiger partial charge in [-0.2, -0.15) is 0 Å². The molecule has 0 bridgehead atoms. The van der Waals surface area contributed by atoms with Crippen LogP contribution in [0.25, 0.3) is 0 Å². The van der Waals surface area contributed by atoms with E-state index in [1.165, 1.54) is 0 Å². The molecule has 0 saturated carbocycles. The Hall–Kier alpha value is -1.79. The molecular formula is C15H23N3O3. The Kier molecular flexibility index (Phi) is 5.83. The van der Waals surface area contributed by atoms with Crippen LogP contribution in [0.3, 0.4) is 0 Å². The largest absolute Gasteiger partial charge is 0.492 e. The lowest BCUT2D eigenvalue weighted by molar-refractivity contribution is -0.0132. The van der Waals surface area contributed by atoms with Gasteiger partial charge < -0.3 is 20.4 Å². The summed E-state index contributed by atoms with van der Waals surface area (Å²) in [6.45, 7) is 6.28. The van der Waals surface area contributed by atoms with Gasteiger partial charge in [0, 0.05) is 24.7 Å². The van der Waals surface area contributed by atoms with Crippen LogP contribution in [0, 0.1) is 0 Å². The van der Waals surface area contributed by atoms with Crippen LogP contribution >= 0.6 is 0 Å². The zero-order valence-electron chi connectivity index (χ0n) is 12.4. The molecule has 2 rings (SSSR count). The minimum Gasteiger partial charge on any atom is -0.492 e. The van der Waals surface area contributed by atoms with Gasteiger partial charge in [-0.05, 0) is 30.7 Å². The molecule has 1 aromatic carbocycles. The lowest BCUT2D eigenvalue weighted by Crippen LogP contribution is -2.46. The van der Waals surface area contributed by atoms with Gasteiger partial charge in [0.1, 0.15) is 12.4 Å². The molecular weight excluding hydrogens is 270 g/mol. The van der Waals surface area contributed by atoms with Crippen LogP contribution in [0.4, 0.5) is 0 Å². The van der Waals surface area contributed by atoms with Gasteiger partial charge in [0.25, 0.3) is 0 Å². The molecule has 0 aliphatic carbocycles. The van der Waals surface area contributed by atoms with Crippen LogP contribution in [0.15, 0.2) is 29.4 Å². The van der Waals surface area contributed by atoms with Gasteiger partial charge >= 0.3 is 0 Å². The Morgan fingerprint density at radius 2 is 2.24 bits per heavy atom. The smallest absolute Gasteiger partial charge is 0.170 e. The minimum atomic E-state index is 0.0978. The first-order valence-electron chi connectivity index (χ1n) is 7.27. The molecule has 1 heterocycles. The van der Waals surface area contributed by atoms with Gasteiger partial charge in [-0.3, -0.25) is 4.90 Å². The summed E-state index contributed by atoms with van der Waals surface area (Å²) in [4.78, 5) is 2.41. The van der Waals surface area contributed by atoms with Crippen molar-refractivity contribution >= 4 is 5.84 Å². The summed E-state index contributed by atoms with van der Waals surface area (Å²) in [5.74, 6) is 0.881. The zero-order chi connectivity index (χ0) is 15.1. The fraction of sp³-hybridized carbons (Fsp3) is 0.533. The summed E-state index contributed by atoms with van der Waals surface area (Å²) in [6.07, 6.45) is 1.09. The zero-order valence-corrected chi connectivity index (χ0v) is 12.4. The highest BCUT2D eigenvalue weighted by Gasteiger charge is 2.20. The maximum absolute atomic E-state index is 8.61. The Bertz CT molecular complexity index is 462. The highest BCUT2D eigenvalue weighted by Crippen LogP contribution is 2.13. The van der Waals surface area contributed by atoms with Crippen molar-refractivity contribution < 1.29 is 14.7 Å². The molecule has 1 aliphatic rings. The maximum Gasteiger partial charge on any atom is 0.170 e. The van der Waals surface area contributed by atoms with Crippen molar-refractivity contribution in [2.24, 2.45) is 10.9 Å². The molecule has 1 atom stereocenters. The quantitative estimate of drug-likeness (QED) is 0.357. The van der Waals surface area contributed by atoms with Crippen LogP contribution in [-0.4, -0.2) is 54.9 Å². The summed E-state index contributed by atoms with van der Waals surface area (Å²) in [6, 6.07) is 7.68. The molecule has 21 heavy (non-hydrogen) atoms. The van der Waals surface area contributed by atoms with Gasteiger partial charge in [0.15, 0.2) is 5.84 Å². The van der Waals surface area contributed by atoms with Crippen LogP contribution in [-0.2, 0) is 4.74 Å². The average Bonchev–Trinajstić information content (AvgIpc) is 2.55. The molecule has 0 radical (unpaired) electrons. The molecule has 1 fully saturated rings. The highest BCUT2D eigenvalue weighted by molar-refractivity contribution is 5.97. The first-order chi connectivity index (χ1) is 10.2. The number of hydrogen-bond acceptors (Lipinski definition) is 5. The third kappa shape index (κ3) is 4.34. The molecule has 1 saturated heterocycles. The second-order valence-corrected chi connectivity index (χ2v) is 5.03. The summed E-state index contributed by atoms with van der Waals surface area (Å²) >= 11 is 0. The number of morpholine rings is 1. The lowest BCUT2D eigenvalue weighted by Gasteiger charge is -2.34.